The maximum atomic E-state index is 6.17. The minimum Gasteiger partial charge on any atom is -0.310 e. The zero-order valence-corrected chi connectivity index (χ0v) is 11.8. The lowest BCUT2D eigenvalue weighted by Gasteiger charge is -2.21. The van der Waals surface area contributed by atoms with E-state index in [-0.39, 0.29) is 0 Å². The van der Waals surface area contributed by atoms with E-state index in [9.17, 15) is 0 Å². The summed E-state index contributed by atoms with van der Waals surface area (Å²) in [5.41, 5.74) is 3.93. The smallest absolute Gasteiger partial charge is 0.0438 e. The molecule has 2 rings (SSSR count). The van der Waals surface area contributed by atoms with E-state index in [0.29, 0.717) is 6.04 Å². The molecule has 1 fully saturated rings. The molecule has 17 heavy (non-hydrogen) atoms. The molecule has 1 aromatic carbocycles. The molecule has 1 saturated carbocycles. The van der Waals surface area contributed by atoms with Crippen LogP contribution >= 0.6 is 11.6 Å². The van der Waals surface area contributed by atoms with Crippen molar-refractivity contribution in [1.29, 1.82) is 0 Å². The Balaban J connectivity index is 2.23. The van der Waals surface area contributed by atoms with E-state index in [1.54, 1.807) is 0 Å². The van der Waals surface area contributed by atoms with Crippen LogP contribution < -0.4 is 5.32 Å². The van der Waals surface area contributed by atoms with Gasteiger partial charge in [0, 0.05) is 11.1 Å². The topological polar surface area (TPSA) is 12.0 Å². The van der Waals surface area contributed by atoms with Crippen LogP contribution in [0, 0.1) is 19.8 Å². The summed E-state index contributed by atoms with van der Waals surface area (Å²) in [6.07, 6.45) is 4.09. The molecule has 0 amide bonds. The van der Waals surface area contributed by atoms with E-state index in [4.69, 9.17) is 11.6 Å². The van der Waals surface area contributed by atoms with E-state index in [1.165, 1.54) is 36.0 Å². The second-order valence-corrected chi connectivity index (χ2v) is 5.65. The molecule has 1 nitrogen and oxygen atoms in total. The summed E-state index contributed by atoms with van der Waals surface area (Å²) in [6.45, 7) is 7.46. The average Bonchev–Trinajstić information content (AvgIpc) is 3.07. The molecule has 1 aliphatic carbocycles. The highest BCUT2D eigenvalue weighted by Crippen LogP contribution is 2.38. The molecule has 0 aliphatic heterocycles. The zero-order valence-electron chi connectivity index (χ0n) is 11.0. The van der Waals surface area contributed by atoms with Crippen LogP contribution in [0.5, 0.6) is 0 Å². The summed E-state index contributed by atoms with van der Waals surface area (Å²) < 4.78 is 0. The van der Waals surface area contributed by atoms with Gasteiger partial charge in [0.25, 0.3) is 0 Å². The number of rotatable bonds is 5. The van der Waals surface area contributed by atoms with Crippen molar-refractivity contribution in [3.05, 3.63) is 33.8 Å². The molecular weight excluding hydrogens is 230 g/mol. The summed E-state index contributed by atoms with van der Waals surface area (Å²) in [6, 6.07) is 4.86. The molecule has 0 heterocycles. The van der Waals surface area contributed by atoms with Crippen LogP contribution in [0.25, 0.3) is 0 Å². The Morgan fingerprint density at radius 1 is 1.29 bits per heavy atom. The number of nitrogens with one attached hydrogen (secondary N) is 1. The van der Waals surface area contributed by atoms with Gasteiger partial charge in [-0.25, -0.2) is 0 Å². The summed E-state index contributed by atoms with van der Waals surface area (Å²) >= 11 is 6.17. The first-order valence-corrected chi connectivity index (χ1v) is 6.99. The molecule has 94 valence electrons. The SMILES string of the molecule is CCNC(CC1CC1)c1cc(C)c(Cl)cc1C. The largest absolute Gasteiger partial charge is 0.310 e. The van der Waals surface area contributed by atoms with Crippen molar-refractivity contribution in [2.24, 2.45) is 5.92 Å². The molecule has 0 bridgehead atoms. The van der Waals surface area contributed by atoms with Crippen LogP contribution in [0.15, 0.2) is 12.1 Å². The lowest BCUT2D eigenvalue weighted by atomic mass is 9.95. The Labute approximate surface area is 110 Å². The Hall–Kier alpha value is -0.530. The number of hydrogen-bond donors (Lipinski definition) is 1. The summed E-state index contributed by atoms with van der Waals surface area (Å²) in [5.74, 6) is 0.939. The fraction of sp³-hybridized carbons (Fsp3) is 0.600. The highest BCUT2D eigenvalue weighted by molar-refractivity contribution is 6.31. The number of halogens is 1. The maximum Gasteiger partial charge on any atom is 0.0438 e. The first kappa shape index (κ1) is 12.9. The van der Waals surface area contributed by atoms with Crippen molar-refractivity contribution in [3.63, 3.8) is 0 Å². The number of benzene rings is 1. The van der Waals surface area contributed by atoms with E-state index in [2.05, 4.69) is 38.2 Å². The van der Waals surface area contributed by atoms with Gasteiger partial charge < -0.3 is 5.32 Å². The number of hydrogen-bond acceptors (Lipinski definition) is 1. The predicted octanol–water partition coefficient (Wildman–Crippen LogP) is 4.41. The molecule has 0 aromatic heterocycles. The third-order valence-electron chi connectivity index (χ3n) is 3.64. The second kappa shape index (κ2) is 5.41. The monoisotopic (exact) mass is 251 g/mol. The van der Waals surface area contributed by atoms with Crippen LogP contribution in [0.1, 0.15) is 48.9 Å². The van der Waals surface area contributed by atoms with Gasteiger partial charge in [-0.15, -0.1) is 0 Å². The molecule has 1 unspecified atom stereocenters. The van der Waals surface area contributed by atoms with Gasteiger partial charge in [-0.1, -0.05) is 37.4 Å². The highest BCUT2D eigenvalue weighted by atomic mass is 35.5. The third kappa shape index (κ3) is 3.23. The Kier molecular flexibility index (Phi) is 4.11. The van der Waals surface area contributed by atoms with Crippen molar-refractivity contribution in [2.75, 3.05) is 6.54 Å². The standard InChI is InChI=1S/C15H22ClN/c1-4-17-15(9-12-5-6-12)13-7-11(3)14(16)8-10(13)2/h7-8,12,15,17H,4-6,9H2,1-3H3. The van der Waals surface area contributed by atoms with Gasteiger partial charge in [0.2, 0.25) is 0 Å². The highest BCUT2D eigenvalue weighted by Gasteiger charge is 2.26. The van der Waals surface area contributed by atoms with Gasteiger partial charge >= 0.3 is 0 Å². The predicted molar refractivity (Wildman–Crippen MR) is 74.7 cm³/mol. The second-order valence-electron chi connectivity index (χ2n) is 5.25. The van der Waals surface area contributed by atoms with E-state index in [0.717, 1.165) is 17.5 Å². The lowest BCUT2D eigenvalue weighted by Crippen LogP contribution is -2.22. The third-order valence-corrected chi connectivity index (χ3v) is 4.05. The van der Waals surface area contributed by atoms with Gasteiger partial charge in [-0.2, -0.15) is 0 Å². The van der Waals surface area contributed by atoms with Crippen LogP contribution in [0.2, 0.25) is 5.02 Å². The van der Waals surface area contributed by atoms with Gasteiger partial charge in [0.1, 0.15) is 0 Å². The van der Waals surface area contributed by atoms with Crippen molar-refractivity contribution in [2.45, 2.75) is 46.1 Å². The first-order valence-electron chi connectivity index (χ1n) is 6.61. The molecule has 0 radical (unpaired) electrons. The van der Waals surface area contributed by atoms with Crippen LogP contribution in [-0.2, 0) is 0 Å². The molecule has 1 aliphatic rings. The van der Waals surface area contributed by atoms with Gasteiger partial charge in [-0.3, -0.25) is 0 Å². The van der Waals surface area contributed by atoms with Crippen molar-refractivity contribution < 1.29 is 0 Å². The van der Waals surface area contributed by atoms with Crippen molar-refractivity contribution in [1.82, 2.24) is 5.32 Å². The quantitative estimate of drug-likeness (QED) is 0.818. The zero-order chi connectivity index (χ0) is 12.4. The Bertz CT molecular complexity index is 396. The molecule has 2 heteroatoms. The van der Waals surface area contributed by atoms with Gasteiger partial charge in [-0.05, 0) is 55.5 Å². The molecule has 0 saturated heterocycles. The van der Waals surface area contributed by atoms with E-state index in [1.807, 2.05) is 0 Å². The Morgan fingerprint density at radius 2 is 2.00 bits per heavy atom. The first-order chi connectivity index (χ1) is 8.11. The number of aryl methyl sites for hydroxylation is 2. The lowest BCUT2D eigenvalue weighted by molar-refractivity contribution is 0.485. The van der Waals surface area contributed by atoms with E-state index >= 15 is 0 Å². The summed E-state index contributed by atoms with van der Waals surface area (Å²) in [5, 5.41) is 4.50. The Morgan fingerprint density at radius 3 is 2.59 bits per heavy atom. The fourth-order valence-corrected chi connectivity index (χ4v) is 2.65. The molecule has 1 aromatic rings. The van der Waals surface area contributed by atoms with Crippen molar-refractivity contribution in [3.8, 4) is 0 Å². The van der Waals surface area contributed by atoms with Crippen LogP contribution in [-0.4, -0.2) is 6.54 Å². The van der Waals surface area contributed by atoms with Gasteiger partial charge in [0.05, 0.1) is 0 Å². The fourth-order valence-electron chi connectivity index (χ4n) is 2.43. The summed E-state index contributed by atoms with van der Waals surface area (Å²) in [7, 11) is 0. The molecular formula is C15H22ClN. The van der Waals surface area contributed by atoms with Crippen molar-refractivity contribution >= 4 is 11.6 Å². The minimum absolute atomic E-state index is 0.503. The van der Waals surface area contributed by atoms with Crippen LogP contribution in [0.4, 0.5) is 0 Å². The van der Waals surface area contributed by atoms with Gasteiger partial charge in [0.15, 0.2) is 0 Å². The molecule has 0 spiro atoms. The molecule has 1 N–H and O–H groups in total. The van der Waals surface area contributed by atoms with E-state index < -0.39 is 0 Å². The van der Waals surface area contributed by atoms with Crippen LogP contribution in [0.3, 0.4) is 0 Å². The normalized spacial score (nSPS) is 17.2. The molecule has 1 atom stereocenters. The average molecular weight is 252 g/mol. The minimum atomic E-state index is 0.503. The summed E-state index contributed by atoms with van der Waals surface area (Å²) in [4.78, 5) is 0. The maximum absolute atomic E-state index is 6.17.